The molecule has 1 heterocycles. The van der Waals surface area contributed by atoms with Crippen LogP contribution in [0.5, 0.6) is 0 Å². The van der Waals surface area contributed by atoms with E-state index in [1.807, 2.05) is 6.07 Å². The fourth-order valence-corrected chi connectivity index (χ4v) is 1.74. The third-order valence-electron chi connectivity index (χ3n) is 2.97. The van der Waals surface area contributed by atoms with E-state index in [-0.39, 0.29) is 5.91 Å². The molecule has 5 heteroatoms. The minimum Gasteiger partial charge on any atom is -0.300 e. The first kappa shape index (κ1) is 14.6. The second-order valence-electron chi connectivity index (χ2n) is 4.72. The highest BCUT2D eigenvalue weighted by Crippen LogP contribution is 2.07. The molecule has 0 spiro atoms. The molecular weight excluding hydrogens is 228 g/mol. The zero-order valence-electron chi connectivity index (χ0n) is 11.3. The van der Waals surface area contributed by atoms with Crippen molar-refractivity contribution >= 4 is 5.91 Å². The standard InChI is InChI=1S/C13H22N4O/c1-4-10(2)8-17(3)9-12-6-5-11(7-15-12)13(18)16-14/h5-7,10H,4,8-9,14H2,1-3H3,(H,16,18). The minimum absolute atomic E-state index is 0.318. The van der Waals surface area contributed by atoms with Gasteiger partial charge in [-0.15, -0.1) is 0 Å². The van der Waals surface area contributed by atoms with E-state index in [0.717, 1.165) is 18.8 Å². The summed E-state index contributed by atoms with van der Waals surface area (Å²) in [5.74, 6) is 5.42. The van der Waals surface area contributed by atoms with Crippen LogP contribution in [0.2, 0.25) is 0 Å². The van der Waals surface area contributed by atoms with Gasteiger partial charge in [0.2, 0.25) is 0 Å². The first-order valence-electron chi connectivity index (χ1n) is 6.21. The number of nitrogens with one attached hydrogen (secondary N) is 1. The summed E-state index contributed by atoms with van der Waals surface area (Å²) in [5.41, 5.74) is 3.52. The number of amides is 1. The molecule has 0 aromatic carbocycles. The largest absolute Gasteiger partial charge is 0.300 e. The van der Waals surface area contributed by atoms with Gasteiger partial charge in [-0.05, 0) is 25.1 Å². The second kappa shape index (κ2) is 7.08. The molecule has 0 radical (unpaired) electrons. The van der Waals surface area contributed by atoms with E-state index in [4.69, 9.17) is 5.84 Å². The molecule has 0 fully saturated rings. The lowest BCUT2D eigenvalue weighted by Gasteiger charge is -2.19. The normalized spacial score (nSPS) is 12.5. The van der Waals surface area contributed by atoms with Crippen molar-refractivity contribution in [1.82, 2.24) is 15.3 Å². The second-order valence-corrected chi connectivity index (χ2v) is 4.72. The van der Waals surface area contributed by atoms with Crippen LogP contribution in [0.4, 0.5) is 0 Å². The molecule has 1 aromatic heterocycles. The summed E-state index contributed by atoms with van der Waals surface area (Å²) < 4.78 is 0. The van der Waals surface area contributed by atoms with Gasteiger partial charge in [-0.25, -0.2) is 5.84 Å². The quantitative estimate of drug-likeness (QED) is 0.451. The van der Waals surface area contributed by atoms with Crippen LogP contribution in [-0.4, -0.2) is 29.4 Å². The summed E-state index contributed by atoms with van der Waals surface area (Å²) in [6, 6.07) is 3.60. The lowest BCUT2D eigenvalue weighted by atomic mass is 10.1. The SMILES string of the molecule is CCC(C)CN(C)Cc1ccc(C(=O)NN)cn1. The number of pyridine rings is 1. The Bertz CT molecular complexity index is 377. The average molecular weight is 250 g/mol. The minimum atomic E-state index is -0.318. The first-order chi connectivity index (χ1) is 8.56. The number of hydrogen-bond acceptors (Lipinski definition) is 4. The van der Waals surface area contributed by atoms with E-state index in [9.17, 15) is 4.79 Å². The molecule has 0 saturated carbocycles. The summed E-state index contributed by atoms with van der Waals surface area (Å²) in [6.07, 6.45) is 2.72. The van der Waals surface area contributed by atoms with E-state index in [1.54, 1.807) is 12.3 Å². The first-order valence-corrected chi connectivity index (χ1v) is 6.21. The maximum absolute atomic E-state index is 11.2. The van der Waals surface area contributed by atoms with E-state index in [2.05, 4.69) is 36.2 Å². The zero-order chi connectivity index (χ0) is 13.5. The van der Waals surface area contributed by atoms with Gasteiger partial charge in [0.05, 0.1) is 11.3 Å². The van der Waals surface area contributed by atoms with E-state index < -0.39 is 0 Å². The van der Waals surface area contributed by atoms with Crippen LogP contribution in [-0.2, 0) is 6.54 Å². The van der Waals surface area contributed by atoms with Crippen molar-refractivity contribution in [2.24, 2.45) is 11.8 Å². The Morgan fingerprint density at radius 3 is 2.78 bits per heavy atom. The summed E-state index contributed by atoms with van der Waals surface area (Å²) in [4.78, 5) is 17.7. The molecular formula is C13H22N4O. The number of nitrogen functional groups attached to an aromatic ring is 1. The van der Waals surface area contributed by atoms with Crippen LogP contribution in [0.15, 0.2) is 18.3 Å². The van der Waals surface area contributed by atoms with Gasteiger partial charge in [0.15, 0.2) is 0 Å². The van der Waals surface area contributed by atoms with Crippen molar-refractivity contribution in [1.29, 1.82) is 0 Å². The van der Waals surface area contributed by atoms with Crippen LogP contribution in [0.25, 0.3) is 0 Å². The third-order valence-corrected chi connectivity index (χ3v) is 2.97. The molecule has 0 aliphatic carbocycles. The number of carbonyl (C=O) groups is 1. The van der Waals surface area contributed by atoms with Crippen molar-refractivity contribution in [3.63, 3.8) is 0 Å². The highest BCUT2D eigenvalue weighted by molar-refractivity contribution is 5.93. The van der Waals surface area contributed by atoms with Crippen molar-refractivity contribution in [2.45, 2.75) is 26.8 Å². The summed E-state index contributed by atoms with van der Waals surface area (Å²) in [7, 11) is 2.08. The van der Waals surface area contributed by atoms with E-state index in [1.165, 1.54) is 6.42 Å². The average Bonchev–Trinajstić information content (AvgIpc) is 2.38. The van der Waals surface area contributed by atoms with Crippen LogP contribution in [0, 0.1) is 5.92 Å². The van der Waals surface area contributed by atoms with Crippen LogP contribution in [0.1, 0.15) is 36.3 Å². The Morgan fingerprint density at radius 1 is 1.56 bits per heavy atom. The Balaban J connectivity index is 2.55. The number of rotatable bonds is 6. The molecule has 1 atom stereocenters. The highest BCUT2D eigenvalue weighted by atomic mass is 16.2. The summed E-state index contributed by atoms with van der Waals surface area (Å²) >= 11 is 0. The molecule has 3 N–H and O–H groups in total. The Labute approximate surface area is 108 Å². The van der Waals surface area contributed by atoms with E-state index >= 15 is 0 Å². The number of nitrogens with two attached hydrogens (primary N) is 1. The third kappa shape index (κ3) is 4.43. The van der Waals surface area contributed by atoms with Gasteiger partial charge in [0, 0.05) is 19.3 Å². The van der Waals surface area contributed by atoms with Gasteiger partial charge in [0.25, 0.3) is 5.91 Å². The lowest BCUT2D eigenvalue weighted by Crippen LogP contribution is -2.30. The van der Waals surface area contributed by atoms with Crippen molar-refractivity contribution in [2.75, 3.05) is 13.6 Å². The molecule has 0 aliphatic heterocycles. The molecule has 1 unspecified atom stereocenters. The highest BCUT2D eigenvalue weighted by Gasteiger charge is 2.07. The van der Waals surface area contributed by atoms with Crippen LogP contribution in [0.3, 0.4) is 0 Å². The van der Waals surface area contributed by atoms with Crippen LogP contribution < -0.4 is 11.3 Å². The maximum atomic E-state index is 11.2. The monoisotopic (exact) mass is 250 g/mol. The number of aromatic nitrogens is 1. The van der Waals surface area contributed by atoms with Gasteiger partial charge in [0.1, 0.15) is 0 Å². The van der Waals surface area contributed by atoms with Crippen molar-refractivity contribution in [3.8, 4) is 0 Å². The fourth-order valence-electron chi connectivity index (χ4n) is 1.74. The van der Waals surface area contributed by atoms with Gasteiger partial charge < -0.3 is 4.90 Å². The summed E-state index contributed by atoms with van der Waals surface area (Å²) in [6.45, 7) is 6.26. The van der Waals surface area contributed by atoms with Gasteiger partial charge in [-0.2, -0.15) is 0 Å². The van der Waals surface area contributed by atoms with Crippen molar-refractivity contribution < 1.29 is 4.79 Å². The molecule has 1 rings (SSSR count). The summed E-state index contributed by atoms with van der Waals surface area (Å²) in [5, 5.41) is 0. The molecule has 0 bridgehead atoms. The molecule has 0 saturated heterocycles. The Kier molecular flexibility index (Phi) is 5.74. The fraction of sp³-hybridized carbons (Fsp3) is 0.538. The van der Waals surface area contributed by atoms with Gasteiger partial charge >= 0.3 is 0 Å². The number of hydrazine groups is 1. The number of carbonyl (C=O) groups excluding carboxylic acids is 1. The predicted octanol–water partition coefficient (Wildman–Crippen LogP) is 1.16. The van der Waals surface area contributed by atoms with Crippen LogP contribution >= 0.6 is 0 Å². The Morgan fingerprint density at radius 2 is 2.28 bits per heavy atom. The van der Waals surface area contributed by atoms with Gasteiger partial charge in [-0.3, -0.25) is 15.2 Å². The smallest absolute Gasteiger partial charge is 0.266 e. The van der Waals surface area contributed by atoms with Gasteiger partial charge in [-0.1, -0.05) is 20.3 Å². The topological polar surface area (TPSA) is 71.2 Å². The molecule has 100 valence electrons. The predicted molar refractivity (Wildman–Crippen MR) is 71.7 cm³/mol. The number of nitrogens with zero attached hydrogens (tertiary/aromatic N) is 2. The molecule has 1 amide bonds. The Hall–Kier alpha value is -1.46. The molecule has 5 nitrogen and oxygen atoms in total. The molecule has 18 heavy (non-hydrogen) atoms. The maximum Gasteiger partial charge on any atom is 0.266 e. The van der Waals surface area contributed by atoms with E-state index in [0.29, 0.717) is 11.5 Å². The van der Waals surface area contributed by atoms with Crippen molar-refractivity contribution in [3.05, 3.63) is 29.6 Å². The molecule has 1 aromatic rings. The zero-order valence-corrected chi connectivity index (χ0v) is 11.3. The lowest BCUT2D eigenvalue weighted by molar-refractivity contribution is 0.0953. The number of hydrogen-bond donors (Lipinski definition) is 2. The molecule has 0 aliphatic rings.